The Kier molecular flexibility index (Phi) is 4.15. The lowest BCUT2D eigenvalue weighted by Gasteiger charge is -2.21. The van der Waals surface area contributed by atoms with Crippen molar-refractivity contribution in [3.05, 3.63) is 29.3 Å². The number of benzene rings is 1. The summed E-state index contributed by atoms with van der Waals surface area (Å²) in [6.45, 7) is 8.96. The molecule has 2 N–H and O–H groups in total. The van der Waals surface area contributed by atoms with Crippen LogP contribution in [0.5, 0.6) is 5.75 Å². The molecule has 0 saturated heterocycles. The molecular formula is C13H21NO. The van der Waals surface area contributed by atoms with Crippen molar-refractivity contribution >= 4 is 0 Å². The third-order valence-corrected chi connectivity index (χ3v) is 2.46. The summed E-state index contributed by atoms with van der Waals surface area (Å²) in [6, 6.07) is 6.25. The van der Waals surface area contributed by atoms with Crippen LogP contribution in [0.15, 0.2) is 18.2 Å². The van der Waals surface area contributed by atoms with Crippen molar-refractivity contribution in [2.45, 2.75) is 33.8 Å². The number of hydrogen-bond donors (Lipinski definition) is 1. The van der Waals surface area contributed by atoms with Gasteiger partial charge in [-0.05, 0) is 43.0 Å². The molecule has 0 aliphatic heterocycles. The summed E-state index contributed by atoms with van der Waals surface area (Å²) >= 11 is 0. The van der Waals surface area contributed by atoms with Crippen LogP contribution in [0.25, 0.3) is 0 Å². The molecule has 0 fully saturated rings. The van der Waals surface area contributed by atoms with Gasteiger partial charge in [0.05, 0.1) is 0 Å². The zero-order valence-electron chi connectivity index (χ0n) is 10.1. The Morgan fingerprint density at radius 2 is 1.67 bits per heavy atom. The summed E-state index contributed by atoms with van der Waals surface area (Å²) in [5.41, 5.74) is 8.13. The first-order valence-electron chi connectivity index (χ1n) is 5.48. The highest BCUT2D eigenvalue weighted by Crippen LogP contribution is 2.19. The van der Waals surface area contributed by atoms with Gasteiger partial charge in [-0.15, -0.1) is 0 Å². The van der Waals surface area contributed by atoms with Gasteiger partial charge in [0.1, 0.15) is 11.9 Å². The Morgan fingerprint density at radius 1 is 1.13 bits per heavy atom. The summed E-state index contributed by atoms with van der Waals surface area (Å²) < 4.78 is 5.86. The molecule has 84 valence electrons. The van der Waals surface area contributed by atoms with Crippen LogP contribution in [0.1, 0.15) is 25.0 Å². The predicted molar refractivity (Wildman–Crippen MR) is 64.2 cm³/mol. The molecule has 1 rings (SSSR count). The fourth-order valence-corrected chi connectivity index (χ4v) is 1.63. The van der Waals surface area contributed by atoms with E-state index in [2.05, 4.69) is 45.9 Å². The lowest BCUT2D eigenvalue weighted by molar-refractivity contribution is 0.159. The summed E-state index contributed by atoms with van der Waals surface area (Å²) in [6.07, 6.45) is 0.103. The largest absolute Gasteiger partial charge is 0.489 e. The Balaban J connectivity index is 2.79. The Hall–Kier alpha value is -1.02. The van der Waals surface area contributed by atoms with Gasteiger partial charge in [0, 0.05) is 6.54 Å². The number of nitrogens with two attached hydrogens (primary N) is 1. The highest BCUT2D eigenvalue weighted by molar-refractivity contribution is 5.33. The van der Waals surface area contributed by atoms with Gasteiger partial charge >= 0.3 is 0 Å². The van der Waals surface area contributed by atoms with E-state index in [0.717, 1.165) is 5.75 Å². The second-order valence-corrected chi connectivity index (χ2v) is 4.46. The summed E-state index contributed by atoms with van der Waals surface area (Å²) in [7, 11) is 0. The van der Waals surface area contributed by atoms with Crippen LogP contribution in [-0.4, -0.2) is 12.6 Å². The first-order chi connectivity index (χ1) is 7.02. The van der Waals surface area contributed by atoms with E-state index in [9.17, 15) is 0 Å². The maximum atomic E-state index is 5.86. The average Bonchev–Trinajstić information content (AvgIpc) is 2.12. The second kappa shape index (κ2) is 5.17. The minimum Gasteiger partial charge on any atom is -0.489 e. The van der Waals surface area contributed by atoms with Gasteiger partial charge < -0.3 is 10.5 Å². The lowest BCUT2D eigenvalue weighted by Crippen LogP contribution is -2.31. The monoisotopic (exact) mass is 207 g/mol. The molecule has 15 heavy (non-hydrogen) atoms. The van der Waals surface area contributed by atoms with Crippen molar-refractivity contribution in [1.29, 1.82) is 0 Å². The Labute approximate surface area is 92.4 Å². The maximum Gasteiger partial charge on any atom is 0.120 e. The van der Waals surface area contributed by atoms with E-state index in [1.807, 2.05) is 0 Å². The molecule has 2 nitrogen and oxygen atoms in total. The fourth-order valence-electron chi connectivity index (χ4n) is 1.63. The van der Waals surface area contributed by atoms with E-state index < -0.39 is 0 Å². The minimum atomic E-state index is 0.103. The van der Waals surface area contributed by atoms with Crippen LogP contribution < -0.4 is 10.5 Å². The van der Waals surface area contributed by atoms with Crippen molar-refractivity contribution in [2.75, 3.05) is 6.54 Å². The highest BCUT2D eigenvalue weighted by Gasteiger charge is 2.13. The van der Waals surface area contributed by atoms with E-state index >= 15 is 0 Å². The Morgan fingerprint density at radius 3 is 2.07 bits per heavy atom. The standard InChI is InChI=1S/C13H21NO/c1-9(2)13(8-14)15-12-6-10(3)5-11(4)7-12/h5-7,9,13H,8,14H2,1-4H3. The van der Waals surface area contributed by atoms with Crippen molar-refractivity contribution in [3.8, 4) is 5.75 Å². The van der Waals surface area contributed by atoms with Gasteiger partial charge in [-0.1, -0.05) is 19.9 Å². The second-order valence-electron chi connectivity index (χ2n) is 4.46. The number of ether oxygens (including phenoxy) is 1. The van der Waals surface area contributed by atoms with Gasteiger partial charge in [-0.25, -0.2) is 0 Å². The zero-order valence-corrected chi connectivity index (χ0v) is 10.1. The van der Waals surface area contributed by atoms with Crippen LogP contribution in [0.4, 0.5) is 0 Å². The summed E-state index contributed by atoms with van der Waals surface area (Å²) in [4.78, 5) is 0. The zero-order chi connectivity index (χ0) is 11.4. The molecule has 0 amide bonds. The predicted octanol–water partition coefficient (Wildman–Crippen LogP) is 2.67. The highest BCUT2D eigenvalue weighted by atomic mass is 16.5. The van der Waals surface area contributed by atoms with Gasteiger partial charge in [0.15, 0.2) is 0 Å². The quantitative estimate of drug-likeness (QED) is 0.823. The molecule has 0 aliphatic carbocycles. The molecule has 0 spiro atoms. The SMILES string of the molecule is Cc1cc(C)cc(OC(CN)C(C)C)c1. The van der Waals surface area contributed by atoms with Crippen molar-refractivity contribution < 1.29 is 4.74 Å². The fraction of sp³-hybridized carbons (Fsp3) is 0.538. The van der Waals surface area contributed by atoms with Crippen molar-refractivity contribution in [3.63, 3.8) is 0 Å². The molecular weight excluding hydrogens is 186 g/mol. The van der Waals surface area contributed by atoms with E-state index in [4.69, 9.17) is 10.5 Å². The number of rotatable bonds is 4. The van der Waals surface area contributed by atoms with Crippen LogP contribution in [0, 0.1) is 19.8 Å². The minimum absolute atomic E-state index is 0.103. The van der Waals surface area contributed by atoms with E-state index in [0.29, 0.717) is 12.5 Å². The molecule has 1 aromatic carbocycles. The molecule has 0 aliphatic rings. The van der Waals surface area contributed by atoms with Gasteiger partial charge in [-0.3, -0.25) is 0 Å². The Bertz CT molecular complexity index is 300. The molecule has 2 heteroatoms. The lowest BCUT2D eigenvalue weighted by atomic mass is 10.1. The third kappa shape index (κ3) is 3.56. The normalized spacial score (nSPS) is 12.9. The summed E-state index contributed by atoms with van der Waals surface area (Å²) in [5, 5.41) is 0. The molecule has 0 aromatic heterocycles. The van der Waals surface area contributed by atoms with Crippen LogP contribution in [-0.2, 0) is 0 Å². The van der Waals surface area contributed by atoms with Crippen LogP contribution in [0.2, 0.25) is 0 Å². The molecule has 0 bridgehead atoms. The third-order valence-electron chi connectivity index (χ3n) is 2.46. The number of hydrogen-bond acceptors (Lipinski definition) is 2. The van der Waals surface area contributed by atoms with Gasteiger partial charge in [0.25, 0.3) is 0 Å². The van der Waals surface area contributed by atoms with Gasteiger partial charge in [-0.2, -0.15) is 0 Å². The van der Waals surface area contributed by atoms with Crippen molar-refractivity contribution in [2.24, 2.45) is 11.7 Å². The molecule has 1 atom stereocenters. The molecule has 0 radical (unpaired) electrons. The van der Waals surface area contributed by atoms with E-state index in [1.54, 1.807) is 0 Å². The number of aryl methyl sites for hydroxylation is 2. The first kappa shape index (κ1) is 12.1. The average molecular weight is 207 g/mol. The van der Waals surface area contributed by atoms with Gasteiger partial charge in [0.2, 0.25) is 0 Å². The van der Waals surface area contributed by atoms with Crippen LogP contribution >= 0.6 is 0 Å². The summed E-state index contributed by atoms with van der Waals surface area (Å²) in [5.74, 6) is 1.37. The molecule has 1 aromatic rings. The van der Waals surface area contributed by atoms with Crippen molar-refractivity contribution in [1.82, 2.24) is 0 Å². The molecule has 1 unspecified atom stereocenters. The van der Waals surface area contributed by atoms with E-state index in [-0.39, 0.29) is 6.10 Å². The first-order valence-corrected chi connectivity index (χ1v) is 5.48. The smallest absolute Gasteiger partial charge is 0.120 e. The molecule has 0 heterocycles. The van der Waals surface area contributed by atoms with E-state index in [1.165, 1.54) is 11.1 Å². The topological polar surface area (TPSA) is 35.2 Å². The maximum absolute atomic E-state index is 5.86. The molecule has 0 saturated carbocycles. The van der Waals surface area contributed by atoms with Crippen LogP contribution in [0.3, 0.4) is 0 Å².